The summed E-state index contributed by atoms with van der Waals surface area (Å²) in [6, 6.07) is 13.3. The maximum absolute atomic E-state index is 14.8. The molecule has 3 atom stereocenters. The minimum atomic E-state index is -4.17. The highest BCUT2D eigenvalue weighted by Crippen LogP contribution is 2.42. The number of aryl methyl sites for hydroxylation is 2. The Kier molecular flexibility index (Phi) is 9.57. The second kappa shape index (κ2) is 14.0. The van der Waals surface area contributed by atoms with Crippen LogP contribution in [0.25, 0.3) is 11.3 Å². The second-order valence-corrected chi connectivity index (χ2v) is 17.0. The molecule has 2 aliphatic heterocycles. The normalized spacial score (nSPS) is 22.4. The second-order valence-electron chi connectivity index (χ2n) is 15.3. The van der Waals surface area contributed by atoms with E-state index in [1.54, 1.807) is 18.2 Å². The van der Waals surface area contributed by atoms with Gasteiger partial charge in [0, 0.05) is 54.8 Å². The third-order valence-electron chi connectivity index (χ3n) is 10.3. The first-order valence-electron chi connectivity index (χ1n) is 17.8. The summed E-state index contributed by atoms with van der Waals surface area (Å²) in [4.78, 5) is 35.5. The Morgan fingerprint density at radius 1 is 0.922 bits per heavy atom. The minimum absolute atomic E-state index is 0.0549. The standard InChI is InChI=1S/C39H46N6O5S/c1-24-8-6-9-25(2)35(24)32-19-34-43-38(42-32)44-51(47,48)30-11-7-10-27(18-30)37(46)45(29(23-50-34)20-39(3,4)5)33-13-12-31(33)36-40-21-28(22-41-36)26-14-16-49-17-15-26/h6-11,18-19,21-22,26,29,31,33H,12-17,20,23H2,1-5H3,(H,42,43,44). The van der Waals surface area contributed by atoms with Gasteiger partial charge in [-0.15, -0.1) is 0 Å². The molecule has 1 N–H and O–H groups in total. The van der Waals surface area contributed by atoms with Crippen LogP contribution in [0.4, 0.5) is 5.95 Å². The van der Waals surface area contributed by atoms with E-state index in [1.165, 1.54) is 12.1 Å². The lowest BCUT2D eigenvalue weighted by atomic mass is 9.75. The molecule has 0 radical (unpaired) electrons. The number of nitrogens with zero attached hydrogens (tertiary/aromatic N) is 5. The molecule has 1 saturated heterocycles. The van der Waals surface area contributed by atoms with Crippen molar-refractivity contribution in [1.29, 1.82) is 0 Å². The molecule has 1 amide bonds. The molecule has 4 heterocycles. The van der Waals surface area contributed by atoms with Crippen molar-refractivity contribution in [2.75, 3.05) is 24.5 Å². The number of carbonyl (C=O) groups excluding carboxylic acids is 1. The number of hydrogen-bond donors (Lipinski definition) is 1. The smallest absolute Gasteiger partial charge is 0.264 e. The predicted octanol–water partition coefficient (Wildman–Crippen LogP) is 6.83. The van der Waals surface area contributed by atoms with Gasteiger partial charge in [-0.1, -0.05) is 45.0 Å². The fraction of sp³-hybridized carbons (Fsp3) is 0.462. The highest BCUT2D eigenvalue weighted by atomic mass is 32.2. The van der Waals surface area contributed by atoms with Gasteiger partial charge in [-0.05, 0) is 92.2 Å². The Morgan fingerprint density at radius 2 is 1.63 bits per heavy atom. The molecule has 1 saturated carbocycles. The van der Waals surface area contributed by atoms with Crippen LogP contribution in [-0.2, 0) is 14.8 Å². The highest BCUT2D eigenvalue weighted by molar-refractivity contribution is 7.92. The van der Waals surface area contributed by atoms with Gasteiger partial charge in [-0.25, -0.2) is 28.1 Å². The SMILES string of the molecule is Cc1cccc(C)c1-c1cc2nc(n1)NS(=O)(=O)c1cccc(c1)C(=O)N(C1CCC1c1ncc(C3CCOCC3)cn1)C(CC(C)(C)C)CO2. The lowest BCUT2D eigenvalue weighted by Crippen LogP contribution is -2.56. The van der Waals surface area contributed by atoms with Crippen LogP contribution >= 0.6 is 0 Å². The van der Waals surface area contributed by atoms with Crippen LogP contribution in [0.15, 0.2) is 65.8 Å². The summed E-state index contributed by atoms with van der Waals surface area (Å²) >= 11 is 0. The van der Waals surface area contributed by atoms with Crippen LogP contribution in [0, 0.1) is 19.3 Å². The third-order valence-corrected chi connectivity index (χ3v) is 11.6. The summed E-state index contributed by atoms with van der Waals surface area (Å²) in [5, 5.41) is 0. The lowest BCUT2D eigenvalue weighted by molar-refractivity contribution is 0.0156. The third kappa shape index (κ3) is 7.48. The molecule has 3 unspecified atom stereocenters. The van der Waals surface area contributed by atoms with Crippen molar-refractivity contribution in [2.24, 2.45) is 5.41 Å². The van der Waals surface area contributed by atoms with E-state index >= 15 is 0 Å². The van der Waals surface area contributed by atoms with Gasteiger partial charge in [-0.3, -0.25) is 4.79 Å². The van der Waals surface area contributed by atoms with E-state index in [1.807, 2.05) is 49.3 Å². The Labute approximate surface area is 300 Å². The van der Waals surface area contributed by atoms with Crippen LogP contribution in [-0.4, -0.2) is 71.1 Å². The summed E-state index contributed by atoms with van der Waals surface area (Å²) in [7, 11) is -4.17. The van der Waals surface area contributed by atoms with Crippen LogP contribution in [0.5, 0.6) is 5.88 Å². The van der Waals surface area contributed by atoms with Crippen LogP contribution in [0.3, 0.4) is 0 Å². The van der Waals surface area contributed by atoms with E-state index in [4.69, 9.17) is 19.4 Å². The van der Waals surface area contributed by atoms with Gasteiger partial charge in [0.2, 0.25) is 11.8 Å². The number of carbonyl (C=O) groups is 1. The zero-order chi connectivity index (χ0) is 35.9. The lowest BCUT2D eigenvalue weighted by Gasteiger charge is -2.48. The molecule has 11 nitrogen and oxygen atoms in total. The Bertz CT molecular complexity index is 2000. The van der Waals surface area contributed by atoms with E-state index in [0.717, 1.165) is 61.2 Å². The first-order valence-corrected chi connectivity index (χ1v) is 19.3. The van der Waals surface area contributed by atoms with E-state index in [2.05, 4.69) is 35.5 Å². The van der Waals surface area contributed by atoms with Crippen LogP contribution < -0.4 is 9.46 Å². The van der Waals surface area contributed by atoms with Crippen LogP contribution in [0.2, 0.25) is 0 Å². The van der Waals surface area contributed by atoms with Gasteiger partial charge >= 0.3 is 0 Å². The number of hydrogen-bond acceptors (Lipinski definition) is 9. The van der Waals surface area contributed by atoms with Gasteiger partial charge in [0.05, 0.1) is 16.6 Å². The number of ether oxygens (including phenoxy) is 2. The molecule has 2 aromatic carbocycles. The van der Waals surface area contributed by atoms with E-state index in [0.29, 0.717) is 23.9 Å². The number of amides is 1. The molecule has 268 valence electrons. The number of anilines is 1. The number of benzene rings is 2. The van der Waals surface area contributed by atoms with Gasteiger partial charge in [-0.2, -0.15) is 4.98 Å². The first kappa shape index (κ1) is 35.0. The van der Waals surface area contributed by atoms with E-state index in [9.17, 15) is 13.2 Å². The molecule has 1 aliphatic carbocycles. The minimum Gasteiger partial charge on any atom is -0.475 e. The molecule has 2 fully saturated rings. The molecule has 4 aromatic rings. The number of sulfonamides is 1. The van der Waals surface area contributed by atoms with Gasteiger partial charge in [0.15, 0.2) is 0 Å². The number of rotatable bonds is 5. The number of fused-ring (bicyclic) bond motifs is 4. The molecule has 2 aromatic heterocycles. The molecule has 12 heteroatoms. The zero-order valence-electron chi connectivity index (χ0n) is 29.9. The van der Waals surface area contributed by atoms with E-state index < -0.39 is 10.0 Å². The molecule has 0 spiro atoms. The maximum Gasteiger partial charge on any atom is 0.264 e. The van der Waals surface area contributed by atoms with Gasteiger partial charge in [0.1, 0.15) is 12.4 Å². The van der Waals surface area contributed by atoms with Crippen molar-refractivity contribution in [3.05, 3.63) is 89.0 Å². The van der Waals surface area contributed by atoms with Crippen molar-refractivity contribution >= 4 is 21.9 Å². The number of aromatic nitrogens is 4. The summed E-state index contributed by atoms with van der Waals surface area (Å²) in [5.74, 6) is 0.875. The summed E-state index contributed by atoms with van der Waals surface area (Å²) in [6.07, 6.45) is 8.01. The molecular weight excluding hydrogens is 665 g/mol. The average Bonchev–Trinajstić information content (AvgIpc) is 3.08. The topological polar surface area (TPSA) is 136 Å². The fourth-order valence-electron chi connectivity index (χ4n) is 7.63. The van der Waals surface area contributed by atoms with Crippen LogP contribution in [0.1, 0.15) is 97.6 Å². The quantitative estimate of drug-likeness (QED) is 0.236. The Morgan fingerprint density at radius 3 is 2.29 bits per heavy atom. The molecule has 7 rings (SSSR count). The Balaban J connectivity index is 1.30. The van der Waals surface area contributed by atoms with Crippen molar-refractivity contribution in [1.82, 2.24) is 24.8 Å². The fourth-order valence-corrected chi connectivity index (χ4v) is 8.62. The maximum atomic E-state index is 14.8. The largest absolute Gasteiger partial charge is 0.475 e. The summed E-state index contributed by atoms with van der Waals surface area (Å²) in [6.45, 7) is 12.0. The molecule has 51 heavy (non-hydrogen) atoms. The van der Waals surface area contributed by atoms with Crippen molar-refractivity contribution in [2.45, 2.75) is 95.5 Å². The van der Waals surface area contributed by atoms with Gasteiger partial charge in [0.25, 0.3) is 15.9 Å². The molecule has 4 bridgehead atoms. The highest BCUT2D eigenvalue weighted by Gasteiger charge is 2.45. The molecule has 3 aliphatic rings. The molecular formula is C39H46N6O5S. The first-order chi connectivity index (χ1) is 24.4. The van der Waals surface area contributed by atoms with E-state index in [-0.39, 0.29) is 58.2 Å². The zero-order valence-corrected chi connectivity index (χ0v) is 30.7. The van der Waals surface area contributed by atoms with Crippen molar-refractivity contribution in [3.8, 4) is 17.1 Å². The van der Waals surface area contributed by atoms with Crippen molar-refractivity contribution < 1.29 is 22.7 Å². The number of nitrogens with one attached hydrogen (secondary N) is 1. The predicted molar refractivity (Wildman–Crippen MR) is 194 cm³/mol. The van der Waals surface area contributed by atoms with Gasteiger partial charge < -0.3 is 14.4 Å². The van der Waals surface area contributed by atoms with Crippen molar-refractivity contribution in [3.63, 3.8) is 0 Å². The summed E-state index contributed by atoms with van der Waals surface area (Å²) in [5.41, 5.74) is 4.61. The monoisotopic (exact) mass is 710 g/mol. The Hall–Kier alpha value is -4.42. The average molecular weight is 711 g/mol. The summed E-state index contributed by atoms with van der Waals surface area (Å²) < 4.78 is 42.2.